The normalized spacial score (nSPS) is 27.5. The van der Waals surface area contributed by atoms with Gasteiger partial charge in [-0.05, 0) is 81.5 Å². The van der Waals surface area contributed by atoms with E-state index in [9.17, 15) is 32.4 Å². The lowest BCUT2D eigenvalue weighted by atomic mass is 9.80. The van der Waals surface area contributed by atoms with Gasteiger partial charge in [-0.1, -0.05) is 59.3 Å². The average Bonchev–Trinajstić information content (AvgIpc) is 3.79. The molecule has 13 heteroatoms. The first-order valence-corrected chi connectivity index (χ1v) is 19.1. The molecule has 3 unspecified atom stereocenters. The third kappa shape index (κ3) is 7.06. The number of hydrogen-bond acceptors (Lipinski definition) is 7. The molecular weight excluding hydrogens is 622 g/mol. The van der Waals surface area contributed by atoms with E-state index in [1.165, 1.54) is 0 Å². The van der Waals surface area contributed by atoms with Crippen molar-refractivity contribution in [3.8, 4) is 0 Å². The predicted molar refractivity (Wildman–Crippen MR) is 177 cm³/mol. The summed E-state index contributed by atoms with van der Waals surface area (Å²) in [6, 6.07) is -3.48. The van der Waals surface area contributed by atoms with Crippen molar-refractivity contribution in [1.29, 1.82) is 0 Å². The van der Waals surface area contributed by atoms with Crippen molar-refractivity contribution in [2.24, 2.45) is 34.3 Å². The number of amides is 5. The van der Waals surface area contributed by atoms with Gasteiger partial charge in [0.15, 0.2) is 9.84 Å². The largest absolute Gasteiger partial charge is 0.363 e. The van der Waals surface area contributed by atoms with Crippen molar-refractivity contribution in [2.75, 3.05) is 12.3 Å². The number of Topliss-reactive ketones (excluding diaryl/α,β-unsaturated/α-hetero) is 1. The summed E-state index contributed by atoms with van der Waals surface area (Å²) in [4.78, 5) is 68.2. The molecule has 5 rings (SSSR count). The zero-order valence-electron chi connectivity index (χ0n) is 28.9. The Balaban J connectivity index is 1.34. The van der Waals surface area contributed by atoms with Crippen LogP contribution in [0.1, 0.15) is 112 Å². The Morgan fingerprint density at radius 2 is 1.51 bits per heavy atom. The van der Waals surface area contributed by atoms with Crippen molar-refractivity contribution in [1.82, 2.24) is 20.9 Å². The molecule has 4 aliphatic carbocycles. The lowest BCUT2D eigenvalue weighted by Gasteiger charge is -2.41. The number of nitrogens with one attached hydrogen (secondary N) is 3. The van der Waals surface area contributed by atoms with Gasteiger partial charge in [-0.15, -0.1) is 0 Å². The van der Waals surface area contributed by atoms with Crippen LogP contribution in [0.5, 0.6) is 0 Å². The van der Waals surface area contributed by atoms with E-state index in [1.54, 1.807) is 25.7 Å². The van der Waals surface area contributed by atoms with E-state index in [0.717, 1.165) is 51.4 Å². The number of nitrogens with two attached hydrogens (primary N) is 1. The van der Waals surface area contributed by atoms with Crippen molar-refractivity contribution < 1.29 is 32.4 Å². The fraction of sp³-hybridized carbons (Fsp3) is 0.853. The van der Waals surface area contributed by atoms with E-state index in [-0.39, 0.29) is 28.9 Å². The highest BCUT2D eigenvalue weighted by atomic mass is 32.2. The summed E-state index contributed by atoms with van der Waals surface area (Å²) in [7, 11) is -3.55. The maximum Gasteiger partial charge on any atom is 0.315 e. The molecule has 5 amide bonds. The zero-order valence-corrected chi connectivity index (χ0v) is 29.8. The smallest absolute Gasteiger partial charge is 0.315 e. The molecule has 0 aromatic carbocycles. The number of hydrogen-bond donors (Lipinski definition) is 4. The first kappa shape index (κ1) is 35.6. The summed E-state index contributed by atoms with van der Waals surface area (Å²) in [6.07, 6.45) is 8.78. The summed E-state index contributed by atoms with van der Waals surface area (Å²) in [5.74, 6) is -2.60. The zero-order chi connectivity index (χ0) is 34.7. The molecule has 1 saturated heterocycles. The number of rotatable bonds is 11. The maximum atomic E-state index is 14.4. The second kappa shape index (κ2) is 12.3. The topological polar surface area (TPSA) is 185 Å². The van der Waals surface area contributed by atoms with Gasteiger partial charge >= 0.3 is 6.03 Å². The van der Waals surface area contributed by atoms with Crippen LogP contribution in [0.25, 0.3) is 0 Å². The van der Waals surface area contributed by atoms with E-state index >= 15 is 0 Å². The lowest BCUT2D eigenvalue weighted by Crippen LogP contribution is -2.64. The minimum Gasteiger partial charge on any atom is -0.363 e. The highest BCUT2D eigenvalue weighted by Gasteiger charge is 2.79. The summed E-state index contributed by atoms with van der Waals surface area (Å²) >= 11 is 0. The molecule has 47 heavy (non-hydrogen) atoms. The number of primary amides is 1. The number of sulfone groups is 1. The Morgan fingerprint density at radius 3 is 2.00 bits per heavy atom. The molecular formula is C34H55N5O7S. The predicted octanol–water partition coefficient (Wildman–Crippen LogP) is 2.58. The van der Waals surface area contributed by atoms with Crippen molar-refractivity contribution >= 4 is 39.4 Å². The van der Waals surface area contributed by atoms with Crippen LogP contribution in [0.15, 0.2) is 0 Å². The Kier molecular flexibility index (Phi) is 9.33. The lowest BCUT2D eigenvalue weighted by molar-refractivity contribution is -0.145. The van der Waals surface area contributed by atoms with Crippen LogP contribution in [0.4, 0.5) is 4.79 Å². The van der Waals surface area contributed by atoms with Crippen LogP contribution in [0, 0.1) is 28.6 Å². The number of fused-ring (bicyclic) bond motifs is 3. The van der Waals surface area contributed by atoms with Gasteiger partial charge in [0.05, 0.1) is 22.1 Å². The molecule has 5 aliphatic rings. The number of ketones is 1. The van der Waals surface area contributed by atoms with Crippen LogP contribution in [-0.2, 0) is 29.0 Å². The fourth-order valence-electron chi connectivity index (χ4n) is 8.40. The average molecular weight is 678 g/mol. The molecule has 1 spiro atoms. The van der Waals surface area contributed by atoms with E-state index < -0.39 is 73.2 Å². The van der Waals surface area contributed by atoms with Crippen molar-refractivity contribution in [2.45, 2.75) is 141 Å². The molecule has 5 N–H and O–H groups in total. The molecule has 1 aliphatic heterocycles. The fourth-order valence-corrected chi connectivity index (χ4v) is 9.92. The molecule has 4 saturated carbocycles. The first-order chi connectivity index (χ1) is 21.7. The third-order valence-electron chi connectivity index (χ3n) is 11.8. The Hall–Kier alpha value is -2.70. The van der Waals surface area contributed by atoms with E-state index in [1.807, 2.05) is 20.8 Å². The Labute approximate surface area is 279 Å². The number of carbonyl (C=O) groups excluding carboxylic acids is 5. The van der Waals surface area contributed by atoms with Gasteiger partial charge in [0.1, 0.15) is 12.1 Å². The molecule has 0 radical (unpaired) electrons. The maximum absolute atomic E-state index is 14.4. The molecule has 0 aromatic rings. The third-order valence-corrected chi connectivity index (χ3v) is 14.6. The molecule has 12 nitrogen and oxygen atoms in total. The standard InChI is InChI=1S/C34H55N5O7S/c1-31(2,3)26(37-30(44)38-33(13-8-7-9-14-33)19-47(45,46)32(4,5)6)29(43)39-18-21-23(34(21)15-16-34)24(39)28(42)36-22(25(40)27(35)41)17-20-11-10-12-20/h20-24,26H,7-19H2,1-6H3,(H2,35,41)(H,36,42)(H2,37,38,44)/t21?,22?,23?,24-,26+/m0/s1. The number of carbonyl (C=O) groups is 5. The quantitative estimate of drug-likeness (QED) is 0.242. The molecule has 1 heterocycles. The molecule has 0 bridgehead atoms. The van der Waals surface area contributed by atoms with E-state index in [2.05, 4.69) is 16.0 Å². The number of piperidine rings is 1. The molecule has 264 valence electrons. The van der Waals surface area contributed by atoms with Crippen molar-refractivity contribution in [3.05, 3.63) is 0 Å². The van der Waals surface area contributed by atoms with Crippen molar-refractivity contribution in [3.63, 3.8) is 0 Å². The van der Waals surface area contributed by atoms with Crippen LogP contribution in [-0.4, -0.2) is 83.6 Å². The van der Waals surface area contributed by atoms with Gasteiger partial charge in [-0.3, -0.25) is 19.2 Å². The minimum atomic E-state index is -3.55. The van der Waals surface area contributed by atoms with E-state index in [0.29, 0.717) is 25.8 Å². The minimum absolute atomic E-state index is 0.0398. The summed E-state index contributed by atoms with van der Waals surface area (Å²) in [5, 5.41) is 8.71. The Bertz CT molecular complexity index is 1400. The second-order valence-corrected chi connectivity index (χ2v) is 20.0. The Morgan fingerprint density at radius 1 is 0.894 bits per heavy atom. The van der Waals surface area contributed by atoms with Crippen LogP contribution >= 0.6 is 0 Å². The van der Waals surface area contributed by atoms with Gasteiger partial charge in [-0.2, -0.15) is 0 Å². The van der Waals surface area contributed by atoms with Gasteiger partial charge < -0.3 is 26.6 Å². The van der Waals surface area contributed by atoms with Gasteiger partial charge in [0.2, 0.25) is 17.6 Å². The number of likely N-dealkylation sites (tertiary alicyclic amines) is 1. The SMILES string of the molecule is CC(C)(C)[C@H](NC(=O)NC1(CS(=O)(=O)C(C)(C)C)CCCCC1)C(=O)N1CC2C([C@H]1C(=O)NC(CC1CCC1)C(=O)C(N)=O)C21CC1. The monoisotopic (exact) mass is 677 g/mol. The second-order valence-electron chi connectivity index (χ2n) is 17.2. The van der Waals surface area contributed by atoms with Crippen LogP contribution < -0.4 is 21.7 Å². The van der Waals surface area contributed by atoms with Gasteiger partial charge in [-0.25, -0.2) is 13.2 Å². The number of urea groups is 1. The number of nitrogens with zero attached hydrogens (tertiary/aromatic N) is 1. The molecule has 5 atom stereocenters. The summed E-state index contributed by atoms with van der Waals surface area (Å²) < 4.78 is 25.6. The highest BCUT2D eigenvalue weighted by molar-refractivity contribution is 7.92. The van der Waals surface area contributed by atoms with E-state index in [4.69, 9.17) is 5.73 Å². The summed E-state index contributed by atoms with van der Waals surface area (Å²) in [5.41, 5.74) is 3.70. The van der Waals surface area contributed by atoms with Gasteiger partial charge in [0, 0.05) is 6.54 Å². The molecule has 5 fully saturated rings. The summed E-state index contributed by atoms with van der Waals surface area (Å²) in [6.45, 7) is 10.9. The molecule has 0 aromatic heterocycles. The first-order valence-electron chi connectivity index (χ1n) is 17.5. The van der Waals surface area contributed by atoms with Gasteiger partial charge in [0.25, 0.3) is 5.91 Å². The highest BCUT2D eigenvalue weighted by Crippen LogP contribution is 2.78. The van der Waals surface area contributed by atoms with Crippen LogP contribution in [0.3, 0.4) is 0 Å². The van der Waals surface area contributed by atoms with Crippen LogP contribution in [0.2, 0.25) is 0 Å².